The first-order chi connectivity index (χ1) is 16.3. The Bertz CT molecular complexity index is 1160. The number of aryl methyl sites for hydroxylation is 2. The lowest BCUT2D eigenvalue weighted by Gasteiger charge is -2.24. The van der Waals surface area contributed by atoms with E-state index in [1.165, 1.54) is 6.07 Å². The minimum Gasteiger partial charge on any atom is -0.497 e. The van der Waals surface area contributed by atoms with Crippen molar-refractivity contribution in [1.29, 1.82) is 0 Å². The highest BCUT2D eigenvalue weighted by Gasteiger charge is 2.25. The second kappa shape index (κ2) is 11.6. The third-order valence-corrected chi connectivity index (χ3v) is 5.56. The molecule has 1 N–H and O–H groups in total. The maximum Gasteiger partial charge on any atom is 0.218 e. The van der Waals surface area contributed by atoms with Crippen LogP contribution in [0.2, 0.25) is 0 Å². The molecular weight excluding hydrogens is 431 g/mol. The molecule has 1 atom stereocenters. The van der Waals surface area contributed by atoms with E-state index in [9.17, 15) is 9.50 Å². The summed E-state index contributed by atoms with van der Waals surface area (Å²) in [6.07, 6.45) is 2.34. The Labute approximate surface area is 201 Å². The highest BCUT2D eigenvalue weighted by molar-refractivity contribution is 5.32. The normalized spacial score (nSPS) is 12.4. The molecule has 1 aromatic heterocycles. The maximum atomic E-state index is 14.4. The van der Waals surface area contributed by atoms with Crippen LogP contribution in [0.3, 0.4) is 0 Å². The number of hydrogen-bond donors (Lipinski definition) is 1. The summed E-state index contributed by atoms with van der Waals surface area (Å²) < 4.78 is 25.4. The summed E-state index contributed by atoms with van der Waals surface area (Å²) >= 11 is 0. The number of unbranched alkanes of at least 4 members (excludes halogenated alkanes) is 1. The van der Waals surface area contributed by atoms with Crippen LogP contribution in [-0.2, 0) is 18.6 Å². The van der Waals surface area contributed by atoms with Crippen molar-refractivity contribution in [1.82, 2.24) is 9.97 Å². The van der Waals surface area contributed by atoms with Gasteiger partial charge in [0.05, 0.1) is 12.7 Å². The molecule has 0 saturated heterocycles. The van der Waals surface area contributed by atoms with Crippen molar-refractivity contribution in [2.24, 2.45) is 0 Å². The minimum atomic E-state index is -1.24. The molecule has 0 aliphatic heterocycles. The molecule has 0 amide bonds. The van der Waals surface area contributed by atoms with E-state index in [1.807, 2.05) is 37.3 Å². The van der Waals surface area contributed by atoms with E-state index >= 15 is 0 Å². The first kappa shape index (κ1) is 25.2. The van der Waals surface area contributed by atoms with Gasteiger partial charge in [-0.2, -0.15) is 4.98 Å². The maximum absolute atomic E-state index is 14.4. The summed E-state index contributed by atoms with van der Waals surface area (Å²) in [7, 11) is 1.63. The lowest BCUT2D eigenvalue weighted by Crippen LogP contribution is -2.22. The topological polar surface area (TPSA) is 64.5 Å². The van der Waals surface area contributed by atoms with Gasteiger partial charge in [-0.1, -0.05) is 37.1 Å². The molecule has 5 nitrogen and oxygen atoms in total. The quantitative estimate of drug-likeness (QED) is 0.336. The van der Waals surface area contributed by atoms with Gasteiger partial charge in [0.15, 0.2) is 0 Å². The van der Waals surface area contributed by atoms with Crippen LogP contribution in [-0.4, -0.2) is 22.2 Å². The zero-order valence-corrected chi connectivity index (χ0v) is 20.2. The summed E-state index contributed by atoms with van der Waals surface area (Å²) in [4.78, 5) is 8.67. The molecule has 3 aromatic rings. The zero-order valence-electron chi connectivity index (χ0n) is 20.2. The zero-order chi connectivity index (χ0) is 24.6. The number of halogens is 1. The Hall–Kier alpha value is -3.43. The number of hydrogen-bond acceptors (Lipinski definition) is 5. The number of ether oxygens (including phenoxy) is 2. The first-order valence-electron chi connectivity index (χ1n) is 11.4. The van der Waals surface area contributed by atoms with Crippen molar-refractivity contribution in [2.75, 3.05) is 7.11 Å². The van der Waals surface area contributed by atoms with Gasteiger partial charge in [-0.25, -0.2) is 9.37 Å². The standard InChI is InChI=1S/C28H31FN2O3/c1-5-21-12-15-25(26(29)17-21)28(3,32)16-8-6-7-9-23-18-27(31-20(2)30-23)34-19-22-10-13-24(33-4)14-11-22/h10-15,17-18,32H,5-6,8,16,19H2,1-4H3. The van der Waals surface area contributed by atoms with Crippen LogP contribution < -0.4 is 9.47 Å². The van der Waals surface area contributed by atoms with Crippen LogP contribution in [0.15, 0.2) is 48.5 Å². The molecule has 0 fully saturated rings. The van der Waals surface area contributed by atoms with Gasteiger partial charge >= 0.3 is 0 Å². The highest BCUT2D eigenvalue weighted by Crippen LogP contribution is 2.29. The molecule has 0 spiro atoms. The number of rotatable bonds is 9. The molecule has 34 heavy (non-hydrogen) atoms. The van der Waals surface area contributed by atoms with E-state index in [0.29, 0.717) is 48.8 Å². The molecule has 2 aromatic carbocycles. The van der Waals surface area contributed by atoms with Crippen LogP contribution in [0.4, 0.5) is 4.39 Å². The van der Waals surface area contributed by atoms with Crippen molar-refractivity contribution in [3.63, 3.8) is 0 Å². The van der Waals surface area contributed by atoms with Crippen molar-refractivity contribution in [3.8, 4) is 23.5 Å². The minimum absolute atomic E-state index is 0.322. The predicted molar refractivity (Wildman–Crippen MR) is 130 cm³/mol. The van der Waals surface area contributed by atoms with Crippen LogP contribution in [0.25, 0.3) is 0 Å². The number of methoxy groups -OCH3 is 1. The fraction of sp³-hybridized carbons (Fsp3) is 0.357. The van der Waals surface area contributed by atoms with Gasteiger partial charge in [-0.3, -0.25) is 0 Å². The predicted octanol–water partition coefficient (Wildman–Crippen LogP) is 5.50. The summed E-state index contributed by atoms with van der Waals surface area (Å²) in [5, 5.41) is 10.8. The van der Waals surface area contributed by atoms with Gasteiger partial charge in [0, 0.05) is 18.1 Å². The fourth-order valence-corrected chi connectivity index (χ4v) is 3.58. The Balaban J connectivity index is 1.55. The van der Waals surface area contributed by atoms with Gasteiger partial charge in [0.1, 0.15) is 29.7 Å². The molecule has 0 bridgehead atoms. The molecule has 0 aliphatic carbocycles. The Morgan fingerprint density at radius 2 is 1.79 bits per heavy atom. The Morgan fingerprint density at radius 3 is 2.47 bits per heavy atom. The first-order valence-corrected chi connectivity index (χ1v) is 11.4. The number of aromatic nitrogens is 2. The molecule has 178 valence electrons. The summed E-state index contributed by atoms with van der Waals surface area (Å²) in [6, 6.07) is 14.4. The van der Waals surface area contributed by atoms with E-state index in [4.69, 9.17) is 9.47 Å². The van der Waals surface area contributed by atoms with Gasteiger partial charge in [0.2, 0.25) is 5.88 Å². The summed E-state index contributed by atoms with van der Waals surface area (Å²) in [6.45, 7) is 5.78. The lowest BCUT2D eigenvalue weighted by atomic mass is 9.89. The third kappa shape index (κ3) is 7.03. The van der Waals surface area contributed by atoms with Crippen molar-refractivity contribution < 1.29 is 19.0 Å². The largest absolute Gasteiger partial charge is 0.497 e. The van der Waals surface area contributed by atoms with E-state index < -0.39 is 5.60 Å². The average Bonchev–Trinajstić information content (AvgIpc) is 2.82. The van der Waals surface area contributed by atoms with Crippen LogP contribution in [0, 0.1) is 24.6 Å². The van der Waals surface area contributed by atoms with Gasteiger partial charge in [0.25, 0.3) is 0 Å². The van der Waals surface area contributed by atoms with Crippen molar-refractivity contribution in [2.45, 2.75) is 58.7 Å². The molecule has 0 aliphatic rings. The molecule has 0 saturated carbocycles. The van der Waals surface area contributed by atoms with E-state index in [0.717, 1.165) is 23.3 Å². The summed E-state index contributed by atoms with van der Waals surface area (Å²) in [5.41, 5.74) is 1.56. The summed E-state index contributed by atoms with van der Waals surface area (Å²) in [5.74, 6) is 7.58. The molecule has 1 unspecified atom stereocenters. The monoisotopic (exact) mass is 462 g/mol. The van der Waals surface area contributed by atoms with Crippen LogP contribution >= 0.6 is 0 Å². The second-order valence-corrected chi connectivity index (χ2v) is 8.37. The average molecular weight is 463 g/mol. The van der Waals surface area contributed by atoms with Crippen molar-refractivity contribution >= 4 is 0 Å². The van der Waals surface area contributed by atoms with E-state index in [-0.39, 0.29) is 5.82 Å². The fourth-order valence-electron chi connectivity index (χ4n) is 3.58. The van der Waals surface area contributed by atoms with Crippen LogP contribution in [0.1, 0.15) is 61.3 Å². The smallest absolute Gasteiger partial charge is 0.218 e. The number of aliphatic hydroxyl groups is 1. The van der Waals surface area contributed by atoms with Gasteiger partial charge in [-0.05, 0) is 68.4 Å². The van der Waals surface area contributed by atoms with Crippen LogP contribution in [0.5, 0.6) is 11.6 Å². The highest BCUT2D eigenvalue weighted by atomic mass is 19.1. The second-order valence-electron chi connectivity index (χ2n) is 8.37. The Kier molecular flexibility index (Phi) is 8.61. The number of benzene rings is 2. The molecular formula is C28H31FN2O3. The van der Waals surface area contributed by atoms with Crippen molar-refractivity contribution in [3.05, 3.63) is 82.6 Å². The van der Waals surface area contributed by atoms with Gasteiger partial charge < -0.3 is 14.6 Å². The molecule has 1 heterocycles. The third-order valence-electron chi connectivity index (χ3n) is 5.56. The number of nitrogens with zero attached hydrogens (tertiary/aromatic N) is 2. The van der Waals surface area contributed by atoms with Gasteiger partial charge in [-0.15, -0.1) is 0 Å². The van der Waals surface area contributed by atoms with E-state index in [2.05, 4.69) is 21.8 Å². The molecule has 3 rings (SSSR count). The lowest BCUT2D eigenvalue weighted by molar-refractivity contribution is 0.0423. The Morgan fingerprint density at radius 1 is 1.06 bits per heavy atom. The SMILES string of the molecule is CCc1ccc(C(C)(O)CCCC#Cc2cc(OCc3ccc(OC)cc3)nc(C)n2)c(F)c1. The van der Waals surface area contributed by atoms with E-state index in [1.54, 1.807) is 33.1 Å². The molecule has 0 radical (unpaired) electrons. The molecule has 6 heteroatoms.